The molecule has 1 N–H and O–H groups in total. The van der Waals surface area contributed by atoms with Gasteiger partial charge in [-0.3, -0.25) is 9.78 Å². The average Bonchev–Trinajstić information content (AvgIpc) is 2.59. The van der Waals surface area contributed by atoms with Crippen molar-refractivity contribution in [3.63, 3.8) is 0 Å². The minimum absolute atomic E-state index is 0.140. The van der Waals surface area contributed by atoms with Crippen molar-refractivity contribution >= 4 is 15.9 Å². The Bertz CT molecular complexity index is 606. The third kappa shape index (κ3) is 5.24. The van der Waals surface area contributed by atoms with E-state index in [1.165, 1.54) is 18.6 Å². The van der Waals surface area contributed by atoms with Crippen molar-refractivity contribution in [2.75, 3.05) is 25.4 Å². The Morgan fingerprint density at radius 3 is 2.96 bits per heavy atom. The Balaban J connectivity index is 1.86. The minimum atomic E-state index is -3.17. The highest BCUT2D eigenvalue weighted by molar-refractivity contribution is 7.89. The van der Waals surface area contributed by atoms with Crippen LogP contribution in [-0.2, 0) is 10.0 Å². The second-order valence-corrected chi connectivity index (χ2v) is 7.92. The highest BCUT2D eigenvalue weighted by Crippen LogP contribution is 2.19. The summed E-state index contributed by atoms with van der Waals surface area (Å²) >= 11 is 0. The predicted octanol–water partition coefficient (Wildman–Crippen LogP) is 1.05. The standard InChI is InChI=1S/C15H24N4O3S/c1-2-3-9-23(21,22)19-8-4-5-13(12-19)10-18-15(20)14-11-16-6-7-17-14/h6-7,11,13H,2-5,8-10,12H2,1H3,(H,18,20). The Kier molecular flexibility index (Phi) is 6.47. The summed E-state index contributed by atoms with van der Waals surface area (Å²) in [5.74, 6) is 0.0761. The Morgan fingerprint density at radius 2 is 2.26 bits per heavy atom. The number of amides is 1. The smallest absolute Gasteiger partial charge is 0.271 e. The monoisotopic (exact) mass is 340 g/mol. The number of aromatic nitrogens is 2. The van der Waals surface area contributed by atoms with Crippen molar-refractivity contribution in [1.29, 1.82) is 0 Å². The molecule has 2 rings (SSSR count). The van der Waals surface area contributed by atoms with Crippen LogP contribution in [0.4, 0.5) is 0 Å². The van der Waals surface area contributed by atoms with Crippen LogP contribution in [0.15, 0.2) is 18.6 Å². The summed E-state index contributed by atoms with van der Waals surface area (Å²) in [4.78, 5) is 19.8. The van der Waals surface area contributed by atoms with Crippen molar-refractivity contribution in [2.45, 2.75) is 32.6 Å². The van der Waals surface area contributed by atoms with Gasteiger partial charge in [-0.25, -0.2) is 17.7 Å². The Hall–Kier alpha value is -1.54. The molecule has 8 heteroatoms. The first-order valence-electron chi connectivity index (χ1n) is 8.05. The number of sulfonamides is 1. The lowest BCUT2D eigenvalue weighted by Crippen LogP contribution is -2.44. The summed E-state index contributed by atoms with van der Waals surface area (Å²) in [6.07, 6.45) is 7.70. The molecule has 1 amide bonds. The number of hydrogen-bond acceptors (Lipinski definition) is 5. The molecule has 1 unspecified atom stereocenters. The summed E-state index contributed by atoms with van der Waals surface area (Å²) in [5.41, 5.74) is 0.274. The summed E-state index contributed by atoms with van der Waals surface area (Å²) in [5, 5.41) is 2.82. The first kappa shape index (κ1) is 17.8. The van der Waals surface area contributed by atoms with Crippen molar-refractivity contribution in [1.82, 2.24) is 19.6 Å². The second-order valence-electron chi connectivity index (χ2n) is 5.84. The van der Waals surface area contributed by atoms with Crippen LogP contribution in [0.25, 0.3) is 0 Å². The molecule has 23 heavy (non-hydrogen) atoms. The highest BCUT2D eigenvalue weighted by atomic mass is 32.2. The molecule has 0 radical (unpaired) electrons. The SMILES string of the molecule is CCCCS(=O)(=O)N1CCCC(CNC(=O)c2cnccn2)C1. The molecule has 0 spiro atoms. The molecular weight excluding hydrogens is 316 g/mol. The van der Waals surface area contributed by atoms with Crippen LogP contribution in [0.2, 0.25) is 0 Å². The van der Waals surface area contributed by atoms with Gasteiger partial charge in [-0.2, -0.15) is 0 Å². The van der Waals surface area contributed by atoms with Crippen LogP contribution in [0.1, 0.15) is 43.1 Å². The molecule has 128 valence electrons. The number of piperidine rings is 1. The van der Waals surface area contributed by atoms with Crippen LogP contribution in [0, 0.1) is 5.92 Å². The van der Waals surface area contributed by atoms with Gasteiger partial charge < -0.3 is 5.32 Å². The van der Waals surface area contributed by atoms with Gasteiger partial charge in [-0.1, -0.05) is 13.3 Å². The maximum absolute atomic E-state index is 12.3. The van der Waals surface area contributed by atoms with Crippen molar-refractivity contribution < 1.29 is 13.2 Å². The molecule has 1 fully saturated rings. The van der Waals surface area contributed by atoms with Gasteiger partial charge in [0.05, 0.1) is 11.9 Å². The van der Waals surface area contributed by atoms with E-state index in [-0.39, 0.29) is 23.3 Å². The van der Waals surface area contributed by atoms with Crippen LogP contribution in [-0.4, -0.2) is 54.0 Å². The number of carbonyl (C=O) groups is 1. The van der Waals surface area contributed by atoms with E-state index in [0.717, 1.165) is 19.3 Å². The minimum Gasteiger partial charge on any atom is -0.350 e. The van der Waals surface area contributed by atoms with Gasteiger partial charge in [0, 0.05) is 32.0 Å². The first-order chi connectivity index (χ1) is 11.0. The summed E-state index contributed by atoms with van der Waals surface area (Å²) in [6, 6.07) is 0. The van der Waals surface area contributed by atoms with Gasteiger partial charge in [0.1, 0.15) is 5.69 Å². The van der Waals surface area contributed by atoms with Gasteiger partial charge >= 0.3 is 0 Å². The molecular formula is C15H24N4O3S. The molecule has 0 aromatic carbocycles. The van der Waals surface area contributed by atoms with E-state index in [4.69, 9.17) is 0 Å². The third-order valence-corrected chi connectivity index (χ3v) is 5.90. The zero-order valence-corrected chi connectivity index (χ0v) is 14.3. The third-order valence-electron chi connectivity index (χ3n) is 3.98. The molecule has 2 heterocycles. The fraction of sp³-hybridized carbons (Fsp3) is 0.667. The van der Waals surface area contributed by atoms with Gasteiger partial charge in [-0.05, 0) is 25.2 Å². The first-order valence-corrected chi connectivity index (χ1v) is 9.66. The lowest BCUT2D eigenvalue weighted by molar-refractivity contribution is 0.0936. The van der Waals surface area contributed by atoms with E-state index < -0.39 is 10.0 Å². The molecule has 1 aliphatic heterocycles. The fourth-order valence-corrected chi connectivity index (χ4v) is 4.40. The molecule has 0 aliphatic carbocycles. The van der Waals surface area contributed by atoms with Gasteiger partial charge in [0.15, 0.2) is 0 Å². The van der Waals surface area contributed by atoms with Gasteiger partial charge in [0.25, 0.3) is 5.91 Å². The summed E-state index contributed by atoms with van der Waals surface area (Å²) in [6.45, 7) is 3.50. The van der Waals surface area contributed by atoms with E-state index in [9.17, 15) is 13.2 Å². The van der Waals surface area contributed by atoms with Crippen LogP contribution < -0.4 is 5.32 Å². The molecule has 1 aromatic heterocycles. The molecule has 0 bridgehead atoms. The van der Waals surface area contributed by atoms with Crippen molar-refractivity contribution in [3.05, 3.63) is 24.3 Å². The number of nitrogens with one attached hydrogen (secondary N) is 1. The van der Waals surface area contributed by atoms with E-state index in [2.05, 4.69) is 15.3 Å². The summed E-state index contributed by atoms with van der Waals surface area (Å²) in [7, 11) is -3.17. The van der Waals surface area contributed by atoms with Crippen LogP contribution >= 0.6 is 0 Å². The predicted molar refractivity (Wildman–Crippen MR) is 87.4 cm³/mol. The van der Waals surface area contributed by atoms with Crippen LogP contribution in [0.3, 0.4) is 0 Å². The van der Waals surface area contributed by atoms with Gasteiger partial charge in [-0.15, -0.1) is 0 Å². The van der Waals surface area contributed by atoms with E-state index in [1.54, 1.807) is 4.31 Å². The maximum Gasteiger partial charge on any atom is 0.271 e. The van der Waals surface area contributed by atoms with Crippen molar-refractivity contribution in [2.24, 2.45) is 5.92 Å². The number of hydrogen-bond donors (Lipinski definition) is 1. The molecule has 1 aliphatic rings. The average molecular weight is 340 g/mol. The summed E-state index contributed by atoms with van der Waals surface area (Å²) < 4.78 is 26.1. The second kappa shape index (κ2) is 8.35. The van der Waals surface area contributed by atoms with E-state index in [0.29, 0.717) is 26.1 Å². The molecule has 7 nitrogen and oxygen atoms in total. The van der Waals surface area contributed by atoms with Crippen molar-refractivity contribution in [3.8, 4) is 0 Å². The zero-order chi connectivity index (χ0) is 16.7. The lowest BCUT2D eigenvalue weighted by atomic mass is 10.00. The molecule has 0 saturated carbocycles. The number of unbranched alkanes of at least 4 members (excludes halogenated alkanes) is 1. The maximum atomic E-state index is 12.3. The van der Waals surface area contributed by atoms with E-state index >= 15 is 0 Å². The number of nitrogens with zero attached hydrogens (tertiary/aromatic N) is 3. The largest absolute Gasteiger partial charge is 0.350 e. The zero-order valence-electron chi connectivity index (χ0n) is 13.4. The molecule has 1 aromatic rings. The normalized spacial score (nSPS) is 19.4. The van der Waals surface area contributed by atoms with Crippen LogP contribution in [0.5, 0.6) is 0 Å². The van der Waals surface area contributed by atoms with Gasteiger partial charge in [0.2, 0.25) is 10.0 Å². The number of carbonyl (C=O) groups excluding carboxylic acids is 1. The molecule has 1 atom stereocenters. The molecule has 1 saturated heterocycles. The topological polar surface area (TPSA) is 92.3 Å². The highest BCUT2D eigenvalue weighted by Gasteiger charge is 2.28. The Morgan fingerprint density at radius 1 is 1.43 bits per heavy atom. The fourth-order valence-electron chi connectivity index (χ4n) is 2.65. The number of rotatable bonds is 7. The Labute approximate surface area is 137 Å². The lowest BCUT2D eigenvalue weighted by Gasteiger charge is -2.32. The quantitative estimate of drug-likeness (QED) is 0.801. The van der Waals surface area contributed by atoms with E-state index in [1.807, 2.05) is 6.92 Å².